The van der Waals surface area contributed by atoms with Gasteiger partial charge in [0, 0.05) is 13.2 Å². The zero-order valence-electron chi connectivity index (χ0n) is 8.07. The number of nitrogen functional groups attached to an aromatic ring is 1. The van der Waals surface area contributed by atoms with Crippen molar-refractivity contribution in [3.8, 4) is 0 Å². The Balaban J connectivity index is 3.06. The first-order valence-electron chi connectivity index (χ1n) is 4.11. The number of amidine groups is 1. The van der Waals surface area contributed by atoms with Crippen LogP contribution in [0.3, 0.4) is 0 Å². The van der Waals surface area contributed by atoms with Crippen molar-refractivity contribution < 1.29 is 9.53 Å². The van der Waals surface area contributed by atoms with Crippen LogP contribution in [-0.2, 0) is 11.8 Å². The topological polar surface area (TPSA) is 94.0 Å². The number of carbonyl (C=O) groups excluding carboxylic acids is 1. The lowest BCUT2D eigenvalue weighted by molar-refractivity contribution is 0.0518. The Morgan fingerprint density at radius 2 is 2.43 bits per heavy atom. The summed E-state index contributed by atoms with van der Waals surface area (Å²) < 4.78 is 6.18. The van der Waals surface area contributed by atoms with E-state index >= 15 is 0 Å². The average Bonchev–Trinajstić information content (AvgIpc) is 2.48. The van der Waals surface area contributed by atoms with Crippen molar-refractivity contribution in [1.82, 2.24) is 9.78 Å². The van der Waals surface area contributed by atoms with E-state index in [1.54, 1.807) is 14.0 Å². The highest BCUT2D eigenvalue weighted by molar-refractivity contribution is 6.04. The van der Waals surface area contributed by atoms with Crippen LogP contribution in [-0.4, -0.2) is 28.2 Å². The molecule has 0 radical (unpaired) electrons. The highest BCUT2D eigenvalue weighted by Gasteiger charge is 2.18. The molecule has 14 heavy (non-hydrogen) atoms. The Hall–Kier alpha value is -1.85. The van der Waals surface area contributed by atoms with E-state index in [1.807, 2.05) is 0 Å². The van der Waals surface area contributed by atoms with E-state index in [2.05, 4.69) is 5.10 Å². The largest absolute Gasteiger partial charge is 0.461 e. The van der Waals surface area contributed by atoms with Crippen molar-refractivity contribution in [1.29, 1.82) is 5.41 Å². The molecule has 0 aliphatic heterocycles. The first-order chi connectivity index (χ1) is 6.56. The summed E-state index contributed by atoms with van der Waals surface area (Å²) in [7, 11) is 1.65. The minimum absolute atomic E-state index is 0.0850. The van der Waals surface area contributed by atoms with E-state index in [1.165, 1.54) is 10.9 Å². The fraction of sp³-hybridized carbons (Fsp3) is 0.375. The van der Waals surface area contributed by atoms with Crippen LogP contribution in [0.15, 0.2) is 6.20 Å². The van der Waals surface area contributed by atoms with Crippen molar-refractivity contribution in [3.63, 3.8) is 0 Å². The molecule has 1 aromatic rings. The highest BCUT2D eigenvalue weighted by Crippen LogP contribution is 2.06. The van der Waals surface area contributed by atoms with Gasteiger partial charge in [0.05, 0.1) is 12.2 Å². The molecule has 0 aliphatic carbocycles. The summed E-state index contributed by atoms with van der Waals surface area (Å²) >= 11 is 0. The quantitative estimate of drug-likeness (QED) is 0.400. The number of nitrogens with two attached hydrogens (primary N) is 1. The van der Waals surface area contributed by atoms with Crippen molar-refractivity contribution in [3.05, 3.63) is 17.5 Å². The van der Waals surface area contributed by atoms with E-state index in [0.29, 0.717) is 5.56 Å². The molecule has 0 spiro atoms. The molecule has 6 heteroatoms. The fourth-order valence-electron chi connectivity index (χ4n) is 1.04. The Kier molecular flexibility index (Phi) is 2.85. The van der Waals surface area contributed by atoms with Crippen molar-refractivity contribution in [2.75, 3.05) is 6.61 Å². The van der Waals surface area contributed by atoms with Gasteiger partial charge in [0.2, 0.25) is 0 Å². The van der Waals surface area contributed by atoms with Crippen molar-refractivity contribution in [2.24, 2.45) is 12.8 Å². The van der Waals surface area contributed by atoms with Crippen LogP contribution in [0.2, 0.25) is 0 Å². The molecule has 1 heterocycles. The molecule has 0 aliphatic rings. The van der Waals surface area contributed by atoms with Crippen LogP contribution in [0.25, 0.3) is 0 Å². The first-order valence-corrected chi connectivity index (χ1v) is 4.11. The van der Waals surface area contributed by atoms with Gasteiger partial charge in [-0.25, -0.2) is 4.79 Å². The lowest BCUT2D eigenvalue weighted by atomic mass is 10.2. The molecule has 3 N–H and O–H groups in total. The van der Waals surface area contributed by atoms with Gasteiger partial charge in [-0.3, -0.25) is 10.1 Å². The number of aromatic nitrogens is 2. The van der Waals surface area contributed by atoms with E-state index in [9.17, 15) is 4.79 Å². The van der Waals surface area contributed by atoms with Gasteiger partial charge in [-0.1, -0.05) is 0 Å². The Morgan fingerprint density at radius 3 is 2.93 bits per heavy atom. The van der Waals surface area contributed by atoms with Crippen LogP contribution in [0, 0.1) is 5.41 Å². The van der Waals surface area contributed by atoms with E-state index < -0.39 is 5.97 Å². The molecule has 0 unspecified atom stereocenters. The molecule has 1 rings (SSSR count). The normalized spacial score (nSPS) is 9.86. The maximum absolute atomic E-state index is 11.3. The number of hydrogen-bond donors (Lipinski definition) is 2. The maximum atomic E-state index is 11.3. The number of aryl methyl sites for hydroxylation is 1. The second kappa shape index (κ2) is 3.91. The number of rotatable bonds is 3. The summed E-state index contributed by atoms with van der Waals surface area (Å²) in [5, 5.41) is 11.1. The maximum Gasteiger partial charge on any atom is 0.359 e. The molecular formula is C8H12N4O2. The molecule has 0 fully saturated rings. The number of nitrogens with zero attached hydrogens (tertiary/aromatic N) is 2. The number of nitrogens with one attached hydrogen (secondary N) is 1. The predicted octanol–water partition coefficient (Wildman–Crippen LogP) is -0.119. The van der Waals surface area contributed by atoms with E-state index in [0.717, 1.165) is 0 Å². The van der Waals surface area contributed by atoms with Crippen LogP contribution >= 0.6 is 0 Å². The molecule has 1 aromatic heterocycles. The number of hydrogen-bond acceptors (Lipinski definition) is 4. The summed E-state index contributed by atoms with van der Waals surface area (Å²) in [5.41, 5.74) is 5.67. The third-order valence-corrected chi connectivity index (χ3v) is 1.59. The molecule has 0 atom stereocenters. The molecule has 0 aromatic carbocycles. The minimum atomic E-state index is -0.557. The van der Waals surface area contributed by atoms with Crippen LogP contribution in [0.4, 0.5) is 0 Å². The monoisotopic (exact) mass is 196 g/mol. The molecule has 0 saturated carbocycles. The summed E-state index contributed by atoms with van der Waals surface area (Å²) in [5.74, 6) is -0.751. The summed E-state index contributed by atoms with van der Waals surface area (Å²) in [6.07, 6.45) is 1.51. The molecule has 0 bridgehead atoms. The molecular weight excluding hydrogens is 184 g/mol. The Bertz CT molecular complexity index is 369. The summed E-state index contributed by atoms with van der Waals surface area (Å²) in [6.45, 7) is 1.97. The standard InChI is InChI=1S/C8H12N4O2/c1-3-14-8(13)6-5(7(9)10)4-12(2)11-6/h4H,3H2,1-2H3,(H3,9,10). The van der Waals surface area contributed by atoms with Crippen molar-refractivity contribution in [2.45, 2.75) is 6.92 Å². The van der Waals surface area contributed by atoms with Crippen molar-refractivity contribution >= 4 is 11.8 Å². The van der Waals surface area contributed by atoms with Gasteiger partial charge in [-0.15, -0.1) is 0 Å². The molecule has 76 valence electrons. The zero-order chi connectivity index (χ0) is 10.7. The number of carbonyl (C=O) groups is 1. The summed E-state index contributed by atoms with van der Waals surface area (Å²) in [6, 6.07) is 0. The van der Waals surface area contributed by atoms with Gasteiger partial charge in [-0.05, 0) is 6.92 Å². The lowest BCUT2D eigenvalue weighted by Crippen LogP contribution is -2.16. The van der Waals surface area contributed by atoms with Gasteiger partial charge in [-0.2, -0.15) is 5.10 Å². The minimum Gasteiger partial charge on any atom is -0.461 e. The van der Waals surface area contributed by atoms with Crippen LogP contribution < -0.4 is 5.73 Å². The zero-order valence-corrected chi connectivity index (χ0v) is 8.07. The number of ether oxygens (including phenoxy) is 1. The highest BCUT2D eigenvalue weighted by atomic mass is 16.5. The van der Waals surface area contributed by atoms with Gasteiger partial charge >= 0.3 is 5.97 Å². The predicted molar refractivity (Wildman–Crippen MR) is 50.2 cm³/mol. The van der Waals surface area contributed by atoms with Crippen LogP contribution in [0.1, 0.15) is 23.0 Å². The van der Waals surface area contributed by atoms with Gasteiger partial charge in [0.1, 0.15) is 5.84 Å². The summed E-state index contributed by atoms with van der Waals surface area (Å²) in [4.78, 5) is 11.3. The van der Waals surface area contributed by atoms with E-state index in [4.69, 9.17) is 15.9 Å². The smallest absolute Gasteiger partial charge is 0.359 e. The average molecular weight is 196 g/mol. The fourth-order valence-corrected chi connectivity index (χ4v) is 1.04. The van der Waals surface area contributed by atoms with Crippen LogP contribution in [0.5, 0.6) is 0 Å². The SMILES string of the molecule is CCOC(=O)c1nn(C)cc1C(=N)N. The molecule has 0 saturated heterocycles. The van der Waals surface area contributed by atoms with Gasteiger partial charge < -0.3 is 10.5 Å². The number of esters is 1. The second-order valence-corrected chi connectivity index (χ2v) is 2.70. The third kappa shape index (κ3) is 1.90. The lowest BCUT2D eigenvalue weighted by Gasteiger charge is -1.99. The molecule has 0 amide bonds. The molecule has 6 nitrogen and oxygen atoms in total. The first kappa shape index (κ1) is 10.2. The Labute approximate surface area is 81.2 Å². The van der Waals surface area contributed by atoms with Gasteiger partial charge in [0.25, 0.3) is 0 Å². The Morgan fingerprint density at radius 1 is 1.79 bits per heavy atom. The van der Waals surface area contributed by atoms with Gasteiger partial charge in [0.15, 0.2) is 5.69 Å². The second-order valence-electron chi connectivity index (χ2n) is 2.70. The van der Waals surface area contributed by atoms with E-state index in [-0.39, 0.29) is 18.1 Å². The third-order valence-electron chi connectivity index (χ3n) is 1.59.